The Hall–Kier alpha value is -3.40. The van der Waals surface area contributed by atoms with E-state index >= 15 is 0 Å². The Morgan fingerprint density at radius 3 is 2.56 bits per heavy atom. The molecule has 0 bridgehead atoms. The molecule has 0 saturated heterocycles. The van der Waals surface area contributed by atoms with Gasteiger partial charge in [-0.1, -0.05) is 18.2 Å². The van der Waals surface area contributed by atoms with E-state index in [0.29, 0.717) is 31.2 Å². The number of rotatable bonds is 8. The minimum Gasteiger partial charge on any atom is -0.493 e. The molecule has 1 unspecified atom stereocenters. The number of nitrogens with zero attached hydrogens (tertiary/aromatic N) is 3. The van der Waals surface area contributed by atoms with Crippen molar-refractivity contribution < 1.29 is 27.8 Å². The van der Waals surface area contributed by atoms with E-state index in [0.717, 1.165) is 59.5 Å². The predicted molar refractivity (Wildman–Crippen MR) is 151 cm³/mol. The summed E-state index contributed by atoms with van der Waals surface area (Å²) in [7, 11) is 1.73. The van der Waals surface area contributed by atoms with Gasteiger partial charge in [0.05, 0.1) is 29.8 Å². The first-order valence-corrected chi connectivity index (χ1v) is 14.3. The molecule has 220 valence electrons. The number of benzene rings is 2. The fourth-order valence-electron chi connectivity index (χ4n) is 6.33. The van der Waals surface area contributed by atoms with Crippen molar-refractivity contribution in [3.63, 3.8) is 0 Å². The number of carbonyl (C=O) groups excluding carboxylic acids is 1. The van der Waals surface area contributed by atoms with Gasteiger partial charge in [0, 0.05) is 42.4 Å². The lowest BCUT2D eigenvalue weighted by molar-refractivity contribution is -0.136. The third-order valence-electron chi connectivity index (χ3n) is 8.32. The summed E-state index contributed by atoms with van der Waals surface area (Å²) in [5.41, 5.74) is 2.36. The number of anilines is 1. The van der Waals surface area contributed by atoms with Gasteiger partial charge in [0.2, 0.25) is 5.91 Å². The normalized spacial score (nSPS) is 20.0. The summed E-state index contributed by atoms with van der Waals surface area (Å²) in [4.78, 5) is 23.9. The number of likely N-dealkylation sites (N-methyl/N-ethyl adjacent to an activating group) is 1. The van der Waals surface area contributed by atoms with E-state index in [4.69, 9.17) is 9.72 Å². The van der Waals surface area contributed by atoms with Crippen LogP contribution in [0.5, 0.6) is 5.75 Å². The molecular weight excluding hydrogens is 533 g/mol. The van der Waals surface area contributed by atoms with Gasteiger partial charge in [-0.25, -0.2) is 23.1 Å². The quantitative estimate of drug-likeness (QED) is 0.334. The lowest BCUT2D eigenvalue weighted by Crippen LogP contribution is -2.38. The van der Waals surface area contributed by atoms with E-state index in [1.807, 2.05) is 6.07 Å². The molecule has 1 aliphatic heterocycles. The van der Waals surface area contributed by atoms with Crippen molar-refractivity contribution in [3.05, 3.63) is 58.2 Å². The summed E-state index contributed by atoms with van der Waals surface area (Å²) in [6.45, 7) is 6.05. The van der Waals surface area contributed by atoms with Crippen LogP contribution in [0.3, 0.4) is 0 Å². The number of aromatic nitrogens is 2. The molecule has 5 rings (SSSR count). The number of carbonyl (C=O) groups is 1. The zero-order valence-corrected chi connectivity index (χ0v) is 23.9. The zero-order valence-electron chi connectivity index (χ0n) is 23.9. The summed E-state index contributed by atoms with van der Waals surface area (Å²) < 4.78 is 47.8. The van der Waals surface area contributed by atoms with Crippen LogP contribution in [0.2, 0.25) is 0 Å². The molecule has 1 amide bonds. The fraction of sp³-hybridized carbons (Fsp3) is 0.516. The average molecular weight is 571 g/mol. The number of hydrogen-bond acceptors (Lipinski definition) is 6. The maximum absolute atomic E-state index is 14.9. The van der Waals surface area contributed by atoms with Gasteiger partial charge in [0.1, 0.15) is 23.2 Å². The first-order chi connectivity index (χ1) is 19.5. The van der Waals surface area contributed by atoms with Gasteiger partial charge in [0.15, 0.2) is 0 Å². The van der Waals surface area contributed by atoms with Crippen molar-refractivity contribution in [2.24, 2.45) is 5.92 Å². The first-order valence-electron chi connectivity index (χ1n) is 14.3. The maximum atomic E-state index is 14.9. The number of nitrogens with one attached hydrogen (secondary N) is 1. The lowest BCUT2D eigenvalue weighted by Gasteiger charge is -2.32. The second-order valence-corrected chi connectivity index (χ2v) is 11.4. The Balaban J connectivity index is 1.45. The summed E-state index contributed by atoms with van der Waals surface area (Å²) in [6, 6.07) is 5.46. The molecule has 0 spiro atoms. The van der Waals surface area contributed by atoms with Crippen molar-refractivity contribution in [2.45, 2.75) is 77.4 Å². The number of aryl methyl sites for hydroxylation is 1. The monoisotopic (exact) mass is 570 g/mol. The lowest BCUT2D eigenvalue weighted by atomic mass is 9.77. The van der Waals surface area contributed by atoms with Crippen molar-refractivity contribution in [3.8, 4) is 5.75 Å². The fourth-order valence-corrected chi connectivity index (χ4v) is 6.33. The number of fused-ring (bicyclic) bond motifs is 3. The standard InChI is InChI=1S/C31H37F3N4O3/c1-16(39)15-38(4)31(40)20-10-8-19(9-11-20)24-14-25-27(23-12-13-41-28(23)24)36-18(3)37-30(25)35-17(2)21-6-5-7-22(26(21)32)29(33)34/h5-7,14,16-17,19-20,29,39H,8-13,15H2,1-4H3,(H,35,36,37)/t16?,17-,19?,20?/m1/s1. The van der Waals surface area contributed by atoms with E-state index in [1.54, 1.807) is 32.7 Å². The summed E-state index contributed by atoms with van der Waals surface area (Å²) >= 11 is 0. The molecule has 41 heavy (non-hydrogen) atoms. The summed E-state index contributed by atoms with van der Waals surface area (Å²) in [5, 5.41) is 13.7. The number of alkyl halides is 2. The topological polar surface area (TPSA) is 87.6 Å². The van der Waals surface area contributed by atoms with E-state index in [2.05, 4.69) is 10.3 Å². The number of aliphatic hydroxyl groups is 1. The van der Waals surface area contributed by atoms with Crippen LogP contribution in [0.15, 0.2) is 24.3 Å². The molecule has 2 heterocycles. The van der Waals surface area contributed by atoms with Crippen LogP contribution in [0.25, 0.3) is 10.9 Å². The minimum absolute atomic E-state index is 0.0665. The molecule has 1 fully saturated rings. The summed E-state index contributed by atoms with van der Waals surface area (Å²) in [5.74, 6) is 1.16. The van der Waals surface area contributed by atoms with Gasteiger partial charge < -0.3 is 20.1 Å². The third-order valence-corrected chi connectivity index (χ3v) is 8.32. The van der Waals surface area contributed by atoms with Crippen LogP contribution in [-0.2, 0) is 11.2 Å². The SMILES string of the molecule is Cc1nc(N[C@H](C)c2cccc(C(F)F)c2F)c2cc(C3CCC(C(=O)N(C)CC(C)O)CC3)c3c(c2n1)CCO3. The van der Waals surface area contributed by atoms with E-state index in [-0.39, 0.29) is 23.3 Å². The highest BCUT2D eigenvalue weighted by Crippen LogP contribution is 2.46. The van der Waals surface area contributed by atoms with E-state index < -0.39 is 30.0 Å². The van der Waals surface area contributed by atoms with E-state index in [1.165, 1.54) is 12.1 Å². The predicted octanol–water partition coefficient (Wildman–Crippen LogP) is 6.24. The molecule has 2 aromatic carbocycles. The van der Waals surface area contributed by atoms with Crippen molar-refractivity contribution >= 4 is 22.6 Å². The smallest absolute Gasteiger partial charge is 0.266 e. The Labute approximate surface area is 238 Å². The number of amides is 1. The van der Waals surface area contributed by atoms with Gasteiger partial charge in [-0.15, -0.1) is 0 Å². The Kier molecular flexibility index (Phi) is 8.40. The van der Waals surface area contributed by atoms with Crippen molar-refractivity contribution in [2.75, 3.05) is 25.5 Å². The molecule has 2 N–H and O–H groups in total. The van der Waals surface area contributed by atoms with Crippen LogP contribution in [0, 0.1) is 18.7 Å². The van der Waals surface area contributed by atoms with E-state index in [9.17, 15) is 23.1 Å². The van der Waals surface area contributed by atoms with Gasteiger partial charge in [-0.05, 0) is 64.0 Å². The van der Waals surface area contributed by atoms with Gasteiger partial charge in [0.25, 0.3) is 6.43 Å². The zero-order chi connectivity index (χ0) is 29.4. The highest BCUT2D eigenvalue weighted by Gasteiger charge is 2.33. The molecule has 1 aromatic heterocycles. The number of hydrogen-bond donors (Lipinski definition) is 2. The average Bonchev–Trinajstić information content (AvgIpc) is 3.42. The molecule has 1 aliphatic carbocycles. The molecule has 2 aliphatic rings. The number of halogens is 3. The van der Waals surface area contributed by atoms with Gasteiger partial charge >= 0.3 is 0 Å². The molecule has 1 saturated carbocycles. The first kappa shape index (κ1) is 29.1. The Morgan fingerprint density at radius 2 is 1.88 bits per heavy atom. The van der Waals surface area contributed by atoms with Crippen LogP contribution in [0.1, 0.15) is 86.0 Å². The van der Waals surface area contributed by atoms with Crippen LogP contribution in [-0.4, -0.2) is 52.2 Å². The molecule has 10 heteroatoms. The summed E-state index contributed by atoms with van der Waals surface area (Å²) in [6.07, 6.45) is 0.348. The van der Waals surface area contributed by atoms with Crippen LogP contribution < -0.4 is 10.1 Å². The highest BCUT2D eigenvalue weighted by atomic mass is 19.3. The minimum atomic E-state index is -2.90. The van der Waals surface area contributed by atoms with Crippen LogP contribution in [0.4, 0.5) is 19.0 Å². The molecule has 0 radical (unpaired) electrons. The number of aliphatic hydroxyl groups excluding tert-OH is 1. The molecule has 7 nitrogen and oxygen atoms in total. The van der Waals surface area contributed by atoms with Crippen molar-refractivity contribution in [1.29, 1.82) is 0 Å². The molecule has 3 aromatic rings. The molecular formula is C31H37F3N4O3. The Bertz CT molecular complexity index is 1440. The maximum Gasteiger partial charge on any atom is 0.266 e. The number of ether oxygens (including phenoxy) is 1. The van der Waals surface area contributed by atoms with Crippen molar-refractivity contribution in [1.82, 2.24) is 14.9 Å². The second-order valence-electron chi connectivity index (χ2n) is 11.4. The van der Waals surface area contributed by atoms with Crippen LogP contribution >= 0.6 is 0 Å². The highest BCUT2D eigenvalue weighted by molar-refractivity contribution is 5.94. The Morgan fingerprint density at radius 1 is 1.17 bits per heavy atom. The second kappa shape index (κ2) is 11.8. The van der Waals surface area contributed by atoms with Gasteiger partial charge in [-0.3, -0.25) is 4.79 Å². The third kappa shape index (κ3) is 5.84. The largest absolute Gasteiger partial charge is 0.493 e. The van der Waals surface area contributed by atoms with Gasteiger partial charge in [-0.2, -0.15) is 0 Å². The molecule has 2 atom stereocenters.